The van der Waals surface area contributed by atoms with Gasteiger partial charge in [0.2, 0.25) is 0 Å². The van der Waals surface area contributed by atoms with Crippen LogP contribution in [-0.2, 0) is 0 Å². The molecule has 0 radical (unpaired) electrons. The van der Waals surface area contributed by atoms with E-state index in [9.17, 15) is 0 Å². The molecule has 0 amide bonds. The van der Waals surface area contributed by atoms with Crippen molar-refractivity contribution < 1.29 is 0 Å². The molecule has 0 nitrogen and oxygen atoms in total. The number of rotatable bonds is 0. The highest BCUT2D eigenvalue weighted by Gasteiger charge is 2.16. The first-order valence-electron chi connectivity index (χ1n) is 9.73. The Kier molecular flexibility index (Phi) is 5.85. The highest BCUT2D eigenvalue weighted by Crippen LogP contribution is 2.27. The zero-order chi connectivity index (χ0) is 18.5. The predicted octanol–water partition coefficient (Wildman–Crippen LogP) is 6.19. The molecule has 2 aromatic carbocycles. The molecule has 0 aliphatic heterocycles. The van der Waals surface area contributed by atoms with E-state index >= 15 is 0 Å². The quantitative estimate of drug-likeness (QED) is 0.502. The Hall–Kier alpha value is -2.44. The summed E-state index contributed by atoms with van der Waals surface area (Å²) in [5.74, 6) is 15.0. The van der Waals surface area contributed by atoms with Gasteiger partial charge in [0.15, 0.2) is 0 Å². The van der Waals surface area contributed by atoms with Crippen LogP contribution >= 0.6 is 0 Å². The molecule has 3 rings (SSSR count). The molecule has 0 spiro atoms. The van der Waals surface area contributed by atoms with Crippen molar-refractivity contribution >= 4 is 0 Å². The number of hydrogen-bond acceptors (Lipinski definition) is 0. The van der Waals surface area contributed by atoms with Crippen LogP contribution in [0.15, 0.2) is 36.4 Å². The third-order valence-corrected chi connectivity index (χ3v) is 5.39. The second-order valence-corrected chi connectivity index (χ2v) is 7.82. The molecular weight excluding hydrogens is 312 g/mol. The average molecular weight is 341 g/mol. The van der Waals surface area contributed by atoms with Crippen molar-refractivity contribution in [2.24, 2.45) is 11.8 Å². The maximum atomic E-state index is 3.52. The van der Waals surface area contributed by atoms with E-state index in [-0.39, 0.29) is 0 Å². The van der Waals surface area contributed by atoms with Gasteiger partial charge in [0.1, 0.15) is 0 Å². The monoisotopic (exact) mass is 340 g/mol. The topological polar surface area (TPSA) is 0 Å². The first-order chi connectivity index (χ1) is 12.5. The van der Waals surface area contributed by atoms with Crippen LogP contribution < -0.4 is 0 Å². The Morgan fingerprint density at radius 1 is 0.731 bits per heavy atom. The van der Waals surface area contributed by atoms with Gasteiger partial charge >= 0.3 is 0 Å². The lowest BCUT2D eigenvalue weighted by Gasteiger charge is -2.22. The van der Waals surface area contributed by atoms with Gasteiger partial charge in [-0.3, -0.25) is 0 Å². The van der Waals surface area contributed by atoms with E-state index in [2.05, 4.69) is 87.8 Å². The third-order valence-electron chi connectivity index (χ3n) is 5.39. The van der Waals surface area contributed by atoms with E-state index in [1.54, 1.807) is 0 Å². The highest BCUT2D eigenvalue weighted by molar-refractivity contribution is 5.53. The molecular formula is C26H28. The molecule has 0 atom stereocenters. The third kappa shape index (κ3) is 4.80. The molecule has 0 unspecified atom stereocenters. The summed E-state index contributed by atoms with van der Waals surface area (Å²) in [6, 6.07) is 12.8. The molecule has 0 heteroatoms. The lowest BCUT2D eigenvalue weighted by Crippen LogP contribution is -2.10. The van der Waals surface area contributed by atoms with Crippen molar-refractivity contribution in [2.45, 2.75) is 53.4 Å². The van der Waals surface area contributed by atoms with Crippen LogP contribution in [0.2, 0.25) is 0 Å². The molecule has 0 heterocycles. The Bertz CT molecular complexity index is 883. The van der Waals surface area contributed by atoms with Gasteiger partial charge in [-0.15, -0.1) is 0 Å². The van der Waals surface area contributed by atoms with E-state index < -0.39 is 0 Å². The van der Waals surface area contributed by atoms with Gasteiger partial charge in [0, 0.05) is 22.6 Å². The van der Waals surface area contributed by atoms with E-state index in [1.165, 1.54) is 42.4 Å². The minimum absolute atomic E-state index is 0.576. The van der Waals surface area contributed by atoms with Crippen molar-refractivity contribution in [3.8, 4) is 23.7 Å². The van der Waals surface area contributed by atoms with Crippen molar-refractivity contribution in [3.05, 3.63) is 69.8 Å². The van der Waals surface area contributed by atoms with Crippen LogP contribution in [0.3, 0.4) is 0 Å². The van der Waals surface area contributed by atoms with Crippen LogP contribution in [0.1, 0.15) is 66.0 Å². The first-order valence-corrected chi connectivity index (χ1v) is 9.73. The van der Waals surface area contributed by atoms with Gasteiger partial charge in [-0.2, -0.15) is 0 Å². The number of aryl methyl sites for hydroxylation is 3. The van der Waals surface area contributed by atoms with Gasteiger partial charge in [0.25, 0.3) is 0 Å². The van der Waals surface area contributed by atoms with E-state index in [0.29, 0.717) is 5.92 Å². The van der Waals surface area contributed by atoms with Crippen molar-refractivity contribution in [1.29, 1.82) is 0 Å². The summed E-state index contributed by atoms with van der Waals surface area (Å²) in [5.41, 5.74) is 7.00. The summed E-state index contributed by atoms with van der Waals surface area (Å²) in [4.78, 5) is 0. The summed E-state index contributed by atoms with van der Waals surface area (Å²) >= 11 is 0. The number of hydrogen-bond donors (Lipinski definition) is 0. The van der Waals surface area contributed by atoms with Gasteiger partial charge in [-0.1, -0.05) is 48.3 Å². The van der Waals surface area contributed by atoms with E-state index in [1.807, 2.05) is 0 Å². The summed E-state index contributed by atoms with van der Waals surface area (Å²) in [7, 11) is 0. The molecule has 1 aliphatic rings. The normalized spacial score (nSPS) is 19.1. The van der Waals surface area contributed by atoms with E-state index in [0.717, 1.165) is 22.6 Å². The SMILES string of the molecule is Cc1ccc(C#Cc2cc(C)c(C#CC3CCC(C)CC3)cc2C)cc1. The Balaban J connectivity index is 1.78. The molecule has 0 bridgehead atoms. The summed E-state index contributed by atoms with van der Waals surface area (Å²) in [6.07, 6.45) is 5.16. The Morgan fingerprint density at radius 2 is 1.31 bits per heavy atom. The van der Waals surface area contributed by atoms with Gasteiger partial charge in [-0.25, -0.2) is 0 Å². The second-order valence-electron chi connectivity index (χ2n) is 7.82. The van der Waals surface area contributed by atoms with E-state index in [4.69, 9.17) is 0 Å². The minimum atomic E-state index is 0.576. The van der Waals surface area contributed by atoms with Crippen molar-refractivity contribution in [1.82, 2.24) is 0 Å². The number of benzene rings is 2. The molecule has 1 fully saturated rings. The predicted molar refractivity (Wildman–Crippen MR) is 111 cm³/mol. The lowest BCUT2D eigenvalue weighted by molar-refractivity contribution is 0.337. The van der Waals surface area contributed by atoms with Crippen molar-refractivity contribution in [2.75, 3.05) is 0 Å². The fraction of sp³-hybridized carbons (Fsp3) is 0.385. The second kappa shape index (κ2) is 8.29. The molecule has 1 saturated carbocycles. The van der Waals surface area contributed by atoms with Crippen LogP contribution in [0.5, 0.6) is 0 Å². The highest BCUT2D eigenvalue weighted by atomic mass is 14.2. The minimum Gasteiger partial charge on any atom is -0.0945 e. The van der Waals surface area contributed by atoms with Gasteiger partial charge in [-0.05, 0) is 87.8 Å². The molecule has 2 aromatic rings. The fourth-order valence-electron chi connectivity index (χ4n) is 3.45. The molecule has 132 valence electrons. The summed E-state index contributed by atoms with van der Waals surface area (Å²) < 4.78 is 0. The van der Waals surface area contributed by atoms with Crippen LogP contribution in [0.25, 0.3) is 0 Å². The maximum Gasteiger partial charge on any atom is 0.0281 e. The van der Waals surface area contributed by atoms with Crippen molar-refractivity contribution in [3.63, 3.8) is 0 Å². The molecule has 0 saturated heterocycles. The Morgan fingerprint density at radius 3 is 1.92 bits per heavy atom. The van der Waals surface area contributed by atoms with Gasteiger partial charge in [0.05, 0.1) is 0 Å². The van der Waals surface area contributed by atoms with Crippen LogP contribution in [0, 0.1) is 56.3 Å². The zero-order valence-corrected chi connectivity index (χ0v) is 16.4. The maximum absolute atomic E-state index is 3.52. The summed E-state index contributed by atoms with van der Waals surface area (Å²) in [5, 5.41) is 0. The smallest absolute Gasteiger partial charge is 0.0281 e. The van der Waals surface area contributed by atoms with Crippen LogP contribution in [-0.4, -0.2) is 0 Å². The molecule has 1 aliphatic carbocycles. The zero-order valence-electron chi connectivity index (χ0n) is 16.4. The van der Waals surface area contributed by atoms with Gasteiger partial charge < -0.3 is 0 Å². The molecule has 26 heavy (non-hydrogen) atoms. The fourth-order valence-corrected chi connectivity index (χ4v) is 3.45. The molecule has 0 N–H and O–H groups in total. The largest absolute Gasteiger partial charge is 0.0945 e. The van der Waals surface area contributed by atoms with Crippen LogP contribution in [0.4, 0.5) is 0 Å². The summed E-state index contributed by atoms with van der Waals surface area (Å²) in [6.45, 7) is 8.72. The average Bonchev–Trinajstić information content (AvgIpc) is 2.63. The Labute approximate surface area is 159 Å². The standard InChI is InChI=1S/C26H28/c1-19-5-9-23(10-6-19)13-15-25-17-22(4)26(18-21(25)3)16-14-24-11-7-20(2)8-12-24/h5-6,9-10,17-18,20,24H,7-8,11-12H2,1-4H3. The molecule has 0 aromatic heterocycles. The lowest BCUT2D eigenvalue weighted by atomic mass is 9.83. The first kappa shape index (κ1) is 18.4.